The third-order valence-electron chi connectivity index (χ3n) is 2.91. The predicted molar refractivity (Wildman–Crippen MR) is 67.5 cm³/mol. The van der Waals surface area contributed by atoms with Gasteiger partial charge in [-0.05, 0) is 18.6 Å². The van der Waals surface area contributed by atoms with Crippen molar-refractivity contribution in [3.63, 3.8) is 0 Å². The number of benzene rings is 1. The molecule has 3 N–H and O–H groups in total. The quantitative estimate of drug-likeness (QED) is 0.786. The van der Waals surface area contributed by atoms with E-state index in [0.717, 1.165) is 12.0 Å². The molecule has 96 valence electrons. The van der Waals surface area contributed by atoms with E-state index in [2.05, 4.69) is 0 Å². The minimum Gasteiger partial charge on any atom is -0.496 e. The van der Waals surface area contributed by atoms with Crippen molar-refractivity contribution in [2.24, 2.45) is 5.73 Å². The number of hydrogen-bond acceptors (Lipinski definition) is 4. The lowest BCUT2D eigenvalue weighted by Gasteiger charge is -2.20. The number of nitrogens with two attached hydrogens (primary N) is 1. The third kappa shape index (κ3) is 3.35. The first-order valence-electron chi connectivity index (χ1n) is 5.77. The van der Waals surface area contributed by atoms with E-state index in [1.54, 1.807) is 14.2 Å². The zero-order valence-electron chi connectivity index (χ0n) is 10.6. The van der Waals surface area contributed by atoms with Gasteiger partial charge in [0, 0.05) is 18.0 Å². The van der Waals surface area contributed by atoms with Gasteiger partial charge >= 0.3 is 0 Å². The second-order valence-electron chi connectivity index (χ2n) is 3.98. The molecule has 0 bridgehead atoms. The Hall–Kier alpha value is -1.26. The Morgan fingerprint density at radius 2 is 1.76 bits per heavy atom. The lowest BCUT2D eigenvalue weighted by Crippen LogP contribution is -2.35. The molecule has 0 spiro atoms. The Labute approximate surface area is 102 Å². The lowest BCUT2D eigenvalue weighted by atomic mass is 9.99. The van der Waals surface area contributed by atoms with Gasteiger partial charge in [0.2, 0.25) is 0 Å². The van der Waals surface area contributed by atoms with Crippen LogP contribution < -0.4 is 15.2 Å². The normalized spacial score (nSPS) is 14.2. The maximum absolute atomic E-state index is 9.97. The van der Waals surface area contributed by atoms with Gasteiger partial charge < -0.3 is 20.3 Å². The first-order chi connectivity index (χ1) is 8.13. The highest BCUT2D eigenvalue weighted by atomic mass is 16.5. The fraction of sp³-hybridized carbons (Fsp3) is 0.538. The maximum atomic E-state index is 9.97. The minimum atomic E-state index is -0.592. The molecule has 0 saturated carbocycles. The van der Waals surface area contributed by atoms with E-state index in [4.69, 9.17) is 15.2 Å². The van der Waals surface area contributed by atoms with Crippen molar-refractivity contribution in [1.29, 1.82) is 0 Å². The molecule has 1 aromatic rings. The Morgan fingerprint density at radius 1 is 1.24 bits per heavy atom. The summed E-state index contributed by atoms with van der Waals surface area (Å²) < 4.78 is 10.5. The molecule has 2 unspecified atom stereocenters. The van der Waals surface area contributed by atoms with Crippen molar-refractivity contribution in [2.75, 3.05) is 14.2 Å². The summed E-state index contributed by atoms with van der Waals surface area (Å²) in [5.41, 5.74) is 6.67. The standard InChI is InChI=1S/C13H21NO3/c1-4-10(14)11(15)8-9-12(16-2)6-5-7-13(9)17-3/h5-7,10-11,15H,4,8,14H2,1-3H3. The molecule has 4 nitrogen and oxygen atoms in total. The molecule has 17 heavy (non-hydrogen) atoms. The molecule has 1 rings (SSSR count). The van der Waals surface area contributed by atoms with Crippen LogP contribution in [-0.2, 0) is 6.42 Å². The summed E-state index contributed by atoms with van der Waals surface area (Å²) in [4.78, 5) is 0. The topological polar surface area (TPSA) is 64.7 Å². The van der Waals surface area contributed by atoms with Gasteiger partial charge in [-0.25, -0.2) is 0 Å². The summed E-state index contributed by atoms with van der Waals surface area (Å²) >= 11 is 0. The van der Waals surface area contributed by atoms with Crippen LogP contribution >= 0.6 is 0 Å². The van der Waals surface area contributed by atoms with Crippen molar-refractivity contribution in [3.8, 4) is 11.5 Å². The fourth-order valence-corrected chi connectivity index (χ4v) is 1.76. The van der Waals surface area contributed by atoms with E-state index in [1.807, 2.05) is 25.1 Å². The van der Waals surface area contributed by atoms with Gasteiger partial charge in [0.1, 0.15) is 11.5 Å². The van der Waals surface area contributed by atoms with E-state index >= 15 is 0 Å². The molecule has 1 aromatic carbocycles. The average molecular weight is 239 g/mol. The van der Waals surface area contributed by atoms with Crippen molar-refractivity contribution in [3.05, 3.63) is 23.8 Å². The van der Waals surface area contributed by atoms with Crippen LogP contribution in [0.1, 0.15) is 18.9 Å². The molecule has 0 fully saturated rings. The van der Waals surface area contributed by atoms with Crippen LogP contribution in [0.2, 0.25) is 0 Å². The molecule has 2 atom stereocenters. The summed E-state index contributed by atoms with van der Waals surface area (Å²) in [6.07, 6.45) is 0.575. The number of rotatable bonds is 6. The molecular formula is C13H21NO3. The molecule has 0 aliphatic rings. The van der Waals surface area contributed by atoms with Crippen LogP contribution in [0.3, 0.4) is 0 Å². The Balaban J connectivity index is 2.95. The van der Waals surface area contributed by atoms with Crippen molar-refractivity contribution >= 4 is 0 Å². The predicted octanol–water partition coefficient (Wildman–Crippen LogP) is 1.34. The van der Waals surface area contributed by atoms with Crippen molar-refractivity contribution < 1.29 is 14.6 Å². The number of aliphatic hydroxyl groups is 1. The van der Waals surface area contributed by atoms with Crippen molar-refractivity contribution in [2.45, 2.75) is 31.9 Å². The highest BCUT2D eigenvalue weighted by molar-refractivity contribution is 5.45. The fourth-order valence-electron chi connectivity index (χ4n) is 1.76. The van der Waals surface area contributed by atoms with Gasteiger partial charge in [0.15, 0.2) is 0 Å². The zero-order valence-corrected chi connectivity index (χ0v) is 10.6. The zero-order chi connectivity index (χ0) is 12.8. The van der Waals surface area contributed by atoms with Crippen LogP contribution in [0, 0.1) is 0 Å². The SMILES string of the molecule is CCC(N)C(O)Cc1c(OC)cccc1OC. The van der Waals surface area contributed by atoms with E-state index in [-0.39, 0.29) is 6.04 Å². The van der Waals surface area contributed by atoms with E-state index in [0.29, 0.717) is 17.9 Å². The maximum Gasteiger partial charge on any atom is 0.125 e. The minimum absolute atomic E-state index is 0.232. The van der Waals surface area contributed by atoms with Gasteiger partial charge in [-0.2, -0.15) is 0 Å². The number of hydrogen-bond donors (Lipinski definition) is 2. The highest BCUT2D eigenvalue weighted by Crippen LogP contribution is 2.29. The summed E-state index contributed by atoms with van der Waals surface area (Å²) in [5, 5.41) is 9.97. The van der Waals surface area contributed by atoms with Gasteiger partial charge in [0.25, 0.3) is 0 Å². The van der Waals surface area contributed by atoms with Crippen LogP contribution in [0.25, 0.3) is 0 Å². The molecule has 0 heterocycles. The Kier molecular flexibility index (Phi) is 5.25. The van der Waals surface area contributed by atoms with Gasteiger partial charge in [-0.15, -0.1) is 0 Å². The van der Waals surface area contributed by atoms with Crippen LogP contribution in [0.4, 0.5) is 0 Å². The average Bonchev–Trinajstić information content (AvgIpc) is 2.37. The number of ether oxygens (including phenoxy) is 2. The van der Waals surface area contributed by atoms with E-state index in [1.165, 1.54) is 0 Å². The second kappa shape index (κ2) is 6.47. The number of methoxy groups -OCH3 is 2. The second-order valence-corrected chi connectivity index (χ2v) is 3.98. The molecule has 0 aromatic heterocycles. The van der Waals surface area contributed by atoms with Gasteiger partial charge in [-0.1, -0.05) is 13.0 Å². The number of aliphatic hydroxyl groups excluding tert-OH is 1. The molecule has 4 heteroatoms. The van der Waals surface area contributed by atoms with Crippen LogP contribution in [0.15, 0.2) is 18.2 Å². The first kappa shape index (κ1) is 13.8. The molecule has 0 radical (unpaired) electrons. The van der Waals surface area contributed by atoms with Crippen molar-refractivity contribution in [1.82, 2.24) is 0 Å². The smallest absolute Gasteiger partial charge is 0.125 e. The highest BCUT2D eigenvalue weighted by Gasteiger charge is 2.18. The van der Waals surface area contributed by atoms with Crippen LogP contribution in [0.5, 0.6) is 11.5 Å². The summed E-state index contributed by atoms with van der Waals surface area (Å²) in [7, 11) is 3.20. The molecular weight excluding hydrogens is 218 g/mol. The molecule has 0 aliphatic heterocycles. The molecule has 0 amide bonds. The first-order valence-corrected chi connectivity index (χ1v) is 5.77. The lowest BCUT2D eigenvalue weighted by molar-refractivity contribution is 0.141. The molecule has 0 saturated heterocycles. The monoisotopic (exact) mass is 239 g/mol. The van der Waals surface area contributed by atoms with E-state index in [9.17, 15) is 5.11 Å². The Morgan fingerprint density at radius 3 is 2.18 bits per heavy atom. The largest absolute Gasteiger partial charge is 0.496 e. The summed E-state index contributed by atoms with van der Waals surface area (Å²) in [6, 6.07) is 5.32. The van der Waals surface area contributed by atoms with Gasteiger partial charge in [0.05, 0.1) is 20.3 Å². The van der Waals surface area contributed by atoms with Gasteiger partial charge in [-0.3, -0.25) is 0 Å². The Bertz CT molecular complexity index is 332. The van der Waals surface area contributed by atoms with E-state index < -0.39 is 6.10 Å². The third-order valence-corrected chi connectivity index (χ3v) is 2.91. The van der Waals surface area contributed by atoms with Crippen LogP contribution in [-0.4, -0.2) is 31.5 Å². The summed E-state index contributed by atoms with van der Waals surface area (Å²) in [5.74, 6) is 1.43. The summed E-state index contributed by atoms with van der Waals surface area (Å²) in [6.45, 7) is 1.95. The molecule has 0 aliphatic carbocycles.